The molecule has 0 bridgehead atoms. The Bertz CT molecular complexity index is 4170. The van der Waals surface area contributed by atoms with Gasteiger partial charge in [-0.3, -0.25) is 23.7 Å². The molecule has 13 rings (SSSR count). The number of pyridine rings is 3. The minimum atomic E-state index is -0.0815. The lowest BCUT2D eigenvalue weighted by atomic mass is 9.98. The van der Waals surface area contributed by atoms with E-state index in [9.17, 15) is 9.59 Å². The largest absolute Gasteiger partial charge is 0.369 e. The molecule has 82 heavy (non-hydrogen) atoms. The van der Waals surface area contributed by atoms with E-state index in [2.05, 4.69) is 130 Å². The quantitative estimate of drug-likeness (QED) is 0.118. The highest BCUT2D eigenvalue weighted by Crippen LogP contribution is 2.31. The number of rotatable bonds is 12. The fourth-order valence-electron chi connectivity index (χ4n) is 10.8. The molecule has 2 saturated heterocycles. The van der Waals surface area contributed by atoms with Crippen molar-refractivity contribution < 1.29 is 2.85 Å². The molecule has 0 atom stereocenters. The number of hydrogen-bond donors (Lipinski definition) is 2. The molecule has 0 radical (unpaired) electrons. The summed E-state index contributed by atoms with van der Waals surface area (Å²) < 4.78 is 3.42. The summed E-state index contributed by atoms with van der Waals surface area (Å²) in [6.07, 6.45) is 10.4. The summed E-state index contributed by atoms with van der Waals surface area (Å²) >= 11 is 0. The predicted molar refractivity (Wildman–Crippen MR) is 335 cm³/mol. The van der Waals surface area contributed by atoms with Gasteiger partial charge in [0.05, 0.1) is 5.52 Å². The Labute approximate surface area is 478 Å². The van der Waals surface area contributed by atoms with Crippen molar-refractivity contribution in [2.75, 3.05) is 86.9 Å². The molecular formula is C65H67N15O2. The summed E-state index contributed by atoms with van der Waals surface area (Å²) in [5.41, 5.74) is 13.3. The Morgan fingerprint density at radius 1 is 0.463 bits per heavy atom. The second-order valence-electron chi connectivity index (χ2n) is 20.7. The van der Waals surface area contributed by atoms with Crippen LogP contribution in [-0.4, -0.2) is 120 Å². The second-order valence-corrected chi connectivity index (χ2v) is 20.7. The van der Waals surface area contributed by atoms with Crippen molar-refractivity contribution in [1.29, 1.82) is 0 Å². The van der Waals surface area contributed by atoms with Crippen LogP contribution in [0.4, 0.5) is 34.6 Å². The summed E-state index contributed by atoms with van der Waals surface area (Å²) in [7, 11) is 4.32. The summed E-state index contributed by atoms with van der Waals surface area (Å²) in [6.45, 7) is 13.3. The summed E-state index contributed by atoms with van der Waals surface area (Å²) in [6, 6.07) is 46.7. The smallest absolute Gasteiger partial charge is 0.260 e. The van der Waals surface area contributed by atoms with Crippen molar-refractivity contribution in [1.82, 2.24) is 53.8 Å². The number of nitrogens with zero attached hydrogens (tertiary/aromatic N) is 13. The standard InChI is InChI=1S/C35H33N7O.C30H30N8O.2H2/c1-3-42-33-26(23-37-35(39-33)38-27-13-15-28(16-14-27)41-20-18-40(2)19-21-41)22-31(34(42)43)25-11-9-24(10-12-25)29-6-4-8-32-30(29)7-5-17-36-32;1-3-38-28-23(16-27(29(38)39)22-6-4-21(5-7-22)24-17-31-20-32-18-24)19-33-30(35-28)34-25-8-10-26(11-9-25)37-14-12-36(2)13-15-37;;/h4-17,22-23H,3,18-21H2,1-2H3,(H,37,38,39);4-11,16-20H,3,12-15H2,1-2H3,(H,33,34,35);2*1H. The molecule has 17 nitrogen and oxygen atoms in total. The van der Waals surface area contributed by atoms with E-state index >= 15 is 0 Å². The van der Waals surface area contributed by atoms with E-state index in [1.54, 1.807) is 33.9 Å². The lowest BCUT2D eigenvalue weighted by Gasteiger charge is -2.34. The van der Waals surface area contributed by atoms with Crippen LogP contribution in [0.15, 0.2) is 186 Å². The fourth-order valence-corrected chi connectivity index (χ4v) is 10.8. The van der Waals surface area contributed by atoms with Gasteiger partial charge in [-0.15, -0.1) is 0 Å². The molecular weight excluding hydrogens is 1020 g/mol. The van der Waals surface area contributed by atoms with Gasteiger partial charge in [0.25, 0.3) is 11.1 Å². The normalized spacial score (nSPS) is 14.0. The van der Waals surface area contributed by atoms with Crippen LogP contribution in [0.1, 0.15) is 16.7 Å². The molecule has 2 aliphatic rings. The number of fused-ring (bicyclic) bond motifs is 3. The summed E-state index contributed by atoms with van der Waals surface area (Å²) in [4.78, 5) is 68.0. The minimum absolute atomic E-state index is 0. The average molecular weight is 1090 g/mol. The van der Waals surface area contributed by atoms with Gasteiger partial charge in [0, 0.05) is 155 Å². The van der Waals surface area contributed by atoms with Gasteiger partial charge >= 0.3 is 0 Å². The zero-order valence-electron chi connectivity index (χ0n) is 46.4. The van der Waals surface area contributed by atoms with E-state index in [0.29, 0.717) is 47.4 Å². The molecule has 5 aromatic carbocycles. The summed E-state index contributed by atoms with van der Waals surface area (Å²) in [5.74, 6) is 0.918. The van der Waals surface area contributed by atoms with Crippen molar-refractivity contribution in [3.8, 4) is 44.5 Å². The van der Waals surface area contributed by atoms with Crippen molar-refractivity contribution in [2.24, 2.45) is 0 Å². The molecule has 2 fully saturated rings. The van der Waals surface area contributed by atoms with Crippen LogP contribution < -0.4 is 31.6 Å². The first-order valence-electron chi connectivity index (χ1n) is 27.9. The van der Waals surface area contributed by atoms with Gasteiger partial charge in [0.15, 0.2) is 0 Å². The monoisotopic (exact) mass is 1090 g/mol. The predicted octanol–water partition coefficient (Wildman–Crippen LogP) is 11.1. The Kier molecular flexibility index (Phi) is 15.2. The highest BCUT2D eigenvalue weighted by Gasteiger charge is 2.19. The Hall–Kier alpha value is -9.71. The zero-order valence-corrected chi connectivity index (χ0v) is 46.4. The van der Waals surface area contributed by atoms with Gasteiger partial charge in [0.2, 0.25) is 11.9 Å². The number of anilines is 6. The highest BCUT2D eigenvalue weighted by molar-refractivity contribution is 5.95. The maximum atomic E-state index is 13.7. The summed E-state index contributed by atoms with van der Waals surface area (Å²) in [5, 5.41) is 9.34. The number of nitrogens with one attached hydrogen (secondary N) is 2. The van der Waals surface area contributed by atoms with Crippen LogP contribution in [0.3, 0.4) is 0 Å². The van der Waals surface area contributed by atoms with Gasteiger partial charge in [-0.2, -0.15) is 9.97 Å². The highest BCUT2D eigenvalue weighted by atomic mass is 16.1. The molecule has 2 aliphatic heterocycles. The molecule has 0 spiro atoms. The Morgan fingerprint density at radius 2 is 0.915 bits per heavy atom. The van der Waals surface area contributed by atoms with Crippen LogP contribution >= 0.6 is 0 Å². The lowest BCUT2D eigenvalue weighted by molar-refractivity contribution is 0.313. The first kappa shape index (κ1) is 53.0. The fraction of sp³-hybridized carbons (Fsp3) is 0.215. The number of aromatic nitrogens is 9. The van der Waals surface area contributed by atoms with Crippen LogP contribution in [0.2, 0.25) is 0 Å². The molecule has 0 aliphatic carbocycles. The molecule has 414 valence electrons. The number of aryl methyl sites for hydroxylation is 2. The third-order valence-corrected chi connectivity index (χ3v) is 15.5. The second kappa shape index (κ2) is 23.6. The molecule has 17 heteroatoms. The topological polar surface area (TPSA) is 171 Å². The molecule has 11 aromatic rings. The average Bonchev–Trinajstić information content (AvgIpc) is 3.23. The van der Waals surface area contributed by atoms with Crippen LogP contribution in [0, 0.1) is 0 Å². The maximum absolute atomic E-state index is 13.7. The van der Waals surface area contributed by atoms with Gasteiger partial charge in [-0.1, -0.05) is 66.7 Å². The first-order chi connectivity index (χ1) is 40.2. The van der Waals surface area contributed by atoms with Crippen LogP contribution in [0.25, 0.3) is 77.5 Å². The van der Waals surface area contributed by atoms with E-state index in [-0.39, 0.29) is 14.0 Å². The Morgan fingerprint density at radius 3 is 1.38 bits per heavy atom. The minimum Gasteiger partial charge on any atom is -0.369 e. The molecule has 8 heterocycles. The van der Waals surface area contributed by atoms with Crippen molar-refractivity contribution >= 4 is 67.6 Å². The van der Waals surface area contributed by atoms with Gasteiger partial charge in [-0.25, -0.2) is 19.9 Å². The number of likely N-dealkylation sites (N-methyl/N-ethyl adjacent to an activating group) is 2. The van der Waals surface area contributed by atoms with Crippen LogP contribution in [-0.2, 0) is 13.1 Å². The SMILES string of the molecule is CCn1c(=O)c(-c2ccc(-c3cccc4ncccc34)cc2)cc2cnc(Nc3ccc(N4CCN(C)CC4)cc3)nc21.CCn1c(=O)c(-c2ccc(-c3cncnc3)cc2)cc2cnc(Nc3ccc(N4CCN(C)CC4)cc3)nc21.[HH].[HH]. The lowest BCUT2D eigenvalue weighted by Crippen LogP contribution is -2.44. The van der Waals surface area contributed by atoms with E-state index in [1.165, 1.54) is 17.7 Å². The van der Waals surface area contributed by atoms with Gasteiger partial charge in [0.1, 0.15) is 17.6 Å². The first-order valence-corrected chi connectivity index (χ1v) is 27.9. The van der Waals surface area contributed by atoms with E-state index < -0.39 is 0 Å². The number of hydrogen-bond acceptors (Lipinski definition) is 15. The zero-order chi connectivity index (χ0) is 56.1. The van der Waals surface area contributed by atoms with E-state index in [1.807, 2.05) is 98.9 Å². The third-order valence-electron chi connectivity index (χ3n) is 15.5. The van der Waals surface area contributed by atoms with Gasteiger partial charge in [-0.05, 0) is 129 Å². The van der Waals surface area contributed by atoms with Crippen molar-refractivity contribution in [3.05, 3.63) is 198 Å². The number of benzene rings is 5. The molecule has 0 amide bonds. The molecule has 2 N–H and O–H groups in total. The molecule has 0 saturated carbocycles. The van der Waals surface area contributed by atoms with Crippen molar-refractivity contribution in [3.63, 3.8) is 0 Å². The maximum Gasteiger partial charge on any atom is 0.260 e. The third kappa shape index (κ3) is 11.2. The molecule has 0 unspecified atom stereocenters. The number of piperazine rings is 2. The molecule has 6 aromatic heterocycles. The van der Waals surface area contributed by atoms with Crippen molar-refractivity contribution in [2.45, 2.75) is 26.9 Å². The van der Waals surface area contributed by atoms with E-state index in [4.69, 9.17) is 9.97 Å². The van der Waals surface area contributed by atoms with Gasteiger partial charge < -0.3 is 30.2 Å². The Balaban J connectivity index is 0.000000184. The van der Waals surface area contributed by atoms with E-state index in [0.717, 1.165) is 119 Å². The van der Waals surface area contributed by atoms with Crippen LogP contribution in [0.5, 0.6) is 0 Å².